The van der Waals surface area contributed by atoms with Crippen LogP contribution >= 0.6 is 8.25 Å². The number of carbonyl (C=O) groups is 1. The minimum Gasteiger partial charge on any atom is -0.301 e. The predicted octanol–water partition coefficient (Wildman–Crippen LogP) is 0.110. The lowest BCUT2D eigenvalue weighted by atomic mass is 10.7. The molecule has 1 aliphatic heterocycles. The van der Waals surface area contributed by atoms with Gasteiger partial charge in [-0.25, -0.2) is 0 Å². The average Bonchev–Trinajstić information content (AvgIpc) is 1.60. The smallest absolute Gasteiger partial charge is 0.301 e. The standard InChI is InChI=1S/C3H4NO4P/c1-2(5)4-3-7-9(6)8-3/h3H,1H3/p+1. The van der Waals surface area contributed by atoms with Gasteiger partial charge >= 0.3 is 14.7 Å². The van der Waals surface area contributed by atoms with Gasteiger partial charge < -0.3 is 5.32 Å². The molecule has 1 fully saturated rings. The van der Waals surface area contributed by atoms with Gasteiger partial charge in [0.15, 0.2) is 0 Å². The second-order valence-corrected chi connectivity index (χ2v) is 2.34. The summed E-state index contributed by atoms with van der Waals surface area (Å²) in [5, 5.41) is 2.24. The molecular weight excluding hydrogens is 145 g/mol. The number of nitrogens with one attached hydrogen (secondary N) is 1. The van der Waals surface area contributed by atoms with Gasteiger partial charge in [-0.15, -0.1) is 0 Å². The van der Waals surface area contributed by atoms with Crippen molar-refractivity contribution in [3.05, 3.63) is 0 Å². The molecule has 0 saturated carbocycles. The van der Waals surface area contributed by atoms with Crippen LogP contribution in [0.5, 0.6) is 0 Å². The van der Waals surface area contributed by atoms with Crippen molar-refractivity contribution in [2.24, 2.45) is 0 Å². The number of rotatable bonds is 1. The number of amides is 1. The van der Waals surface area contributed by atoms with Crippen molar-refractivity contribution in [3.63, 3.8) is 0 Å². The average molecular weight is 150 g/mol. The molecule has 0 radical (unpaired) electrons. The molecule has 0 spiro atoms. The molecule has 1 amide bonds. The van der Waals surface area contributed by atoms with E-state index in [9.17, 15) is 9.36 Å². The van der Waals surface area contributed by atoms with E-state index in [1.807, 2.05) is 0 Å². The van der Waals surface area contributed by atoms with E-state index in [0.29, 0.717) is 0 Å². The van der Waals surface area contributed by atoms with E-state index in [0.717, 1.165) is 0 Å². The lowest BCUT2D eigenvalue weighted by molar-refractivity contribution is -0.138. The first-order valence-corrected chi connectivity index (χ1v) is 3.36. The van der Waals surface area contributed by atoms with Gasteiger partial charge in [-0.3, -0.25) is 4.79 Å². The van der Waals surface area contributed by atoms with Crippen LogP contribution in [0.15, 0.2) is 0 Å². The quantitative estimate of drug-likeness (QED) is 0.538. The zero-order valence-electron chi connectivity index (χ0n) is 4.66. The van der Waals surface area contributed by atoms with Crippen LogP contribution in [0, 0.1) is 0 Å². The summed E-state index contributed by atoms with van der Waals surface area (Å²) in [6.45, 7) is 1.32. The number of carbonyl (C=O) groups excluding carboxylic acids is 1. The molecule has 1 aliphatic rings. The van der Waals surface area contributed by atoms with E-state index >= 15 is 0 Å². The molecule has 0 aliphatic carbocycles. The third-order valence-electron chi connectivity index (χ3n) is 0.685. The molecule has 6 heteroatoms. The number of hydrogen-bond acceptors (Lipinski definition) is 4. The minimum absolute atomic E-state index is 0.275. The summed E-state index contributed by atoms with van der Waals surface area (Å²) < 4.78 is 18.9. The van der Waals surface area contributed by atoms with Gasteiger partial charge in [0.05, 0.1) is 0 Å². The lowest BCUT2D eigenvalue weighted by Crippen LogP contribution is -2.39. The monoisotopic (exact) mass is 150 g/mol. The van der Waals surface area contributed by atoms with E-state index in [-0.39, 0.29) is 5.91 Å². The van der Waals surface area contributed by atoms with Gasteiger partial charge in [0, 0.05) is 11.5 Å². The van der Waals surface area contributed by atoms with Gasteiger partial charge in [-0.05, 0) is 0 Å². The largest absolute Gasteiger partial charge is 0.707 e. The molecule has 0 aromatic rings. The number of hydrogen-bond donors (Lipinski definition) is 1. The van der Waals surface area contributed by atoms with Gasteiger partial charge in [-0.1, -0.05) is 9.05 Å². The van der Waals surface area contributed by atoms with Crippen molar-refractivity contribution in [1.29, 1.82) is 0 Å². The minimum atomic E-state index is -1.95. The summed E-state index contributed by atoms with van der Waals surface area (Å²) in [5.41, 5.74) is 0. The Morgan fingerprint density at radius 2 is 2.22 bits per heavy atom. The van der Waals surface area contributed by atoms with Gasteiger partial charge in [0.1, 0.15) is 0 Å². The van der Waals surface area contributed by atoms with Crippen LogP contribution in [-0.4, -0.2) is 12.3 Å². The summed E-state index contributed by atoms with van der Waals surface area (Å²) in [6, 6.07) is 0. The summed E-state index contributed by atoms with van der Waals surface area (Å²) in [7, 11) is -1.95. The highest BCUT2D eigenvalue weighted by molar-refractivity contribution is 7.34. The van der Waals surface area contributed by atoms with E-state index in [4.69, 9.17) is 0 Å². The molecule has 0 unspecified atom stereocenters. The Labute approximate surface area is 52.3 Å². The van der Waals surface area contributed by atoms with Crippen molar-refractivity contribution < 1.29 is 18.4 Å². The first-order chi connectivity index (χ1) is 4.18. The summed E-state index contributed by atoms with van der Waals surface area (Å²) >= 11 is 0. The van der Waals surface area contributed by atoms with Crippen molar-refractivity contribution in [2.45, 2.75) is 13.3 Å². The van der Waals surface area contributed by atoms with Gasteiger partial charge in [0.25, 0.3) is 0 Å². The Hall–Kier alpha value is -0.510. The maximum absolute atomic E-state index is 10.2. The molecule has 5 nitrogen and oxygen atoms in total. The zero-order chi connectivity index (χ0) is 6.85. The van der Waals surface area contributed by atoms with E-state index in [1.165, 1.54) is 6.92 Å². The van der Waals surface area contributed by atoms with Crippen LogP contribution in [0.1, 0.15) is 6.92 Å². The topological polar surface area (TPSA) is 64.6 Å². The van der Waals surface area contributed by atoms with E-state index in [1.54, 1.807) is 0 Å². The Bertz CT molecular complexity index is 150. The first-order valence-electron chi connectivity index (χ1n) is 2.26. The maximum atomic E-state index is 10.2. The third kappa shape index (κ3) is 1.71. The molecule has 0 atom stereocenters. The maximum Gasteiger partial charge on any atom is 0.707 e. The van der Waals surface area contributed by atoms with Crippen LogP contribution in [0.25, 0.3) is 0 Å². The fourth-order valence-electron chi connectivity index (χ4n) is 0.383. The molecule has 0 aromatic carbocycles. The van der Waals surface area contributed by atoms with E-state index in [2.05, 4.69) is 14.4 Å². The lowest BCUT2D eigenvalue weighted by Gasteiger charge is -2.10. The fraction of sp³-hybridized carbons (Fsp3) is 0.667. The van der Waals surface area contributed by atoms with Gasteiger partial charge in [0.2, 0.25) is 5.91 Å². The second-order valence-electron chi connectivity index (χ2n) is 1.47. The summed E-state index contributed by atoms with van der Waals surface area (Å²) in [6.07, 6.45) is -0.800. The molecule has 1 rings (SSSR count). The predicted molar refractivity (Wildman–Crippen MR) is 27.4 cm³/mol. The molecule has 9 heavy (non-hydrogen) atoms. The molecule has 1 saturated heterocycles. The highest BCUT2D eigenvalue weighted by Gasteiger charge is 2.46. The Morgan fingerprint density at radius 1 is 1.67 bits per heavy atom. The van der Waals surface area contributed by atoms with Crippen LogP contribution in [0.4, 0.5) is 0 Å². The molecule has 0 aromatic heterocycles. The molecule has 1 heterocycles. The summed E-state index contributed by atoms with van der Waals surface area (Å²) in [5.74, 6) is -0.275. The van der Waals surface area contributed by atoms with Gasteiger partial charge in [-0.2, -0.15) is 0 Å². The SMILES string of the molecule is CC(=O)NC1O[P+](=O)O1. The van der Waals surface area contributed by atoms with Crippen LogP contribution in [0.3, 0.4) is 0 Å². The summed E-state index contributed by atoms with van der Waals surface area (Å²) in [4.78, 5) is 10.2. The first kappa shape index (κ1) is 6.61. The zero-order valence-corrected chi connectivity index (χ0v) is 5.55. The molecule has 50 valence electrons. The molecular formula is C3H5NO4P+. The Kier molecular flexibility index (Phi) is 1.75. The Morgan fingerprint density at radius 3 is 2.56 bits per heavy atom. The fourth-order valence-corrected chi connectivity index (χ4v) is 0.817. The van der Waals surface area contributed by atoms with Crippen LogP contribution < -0.4 is 5.32 Å². The third-order valence-corrected chi connectivity index (χ3v) is 1.41. The molecule has 1 N–H and O–H groups in total. The highest BCUT2D eigenvalue weighted by atomic mass is 31.1. The van der Waals surface area contributed by atoms with Crippen LogP contribution in [0.2, 0.25) is 0 Å². The Balaban J connectivity index is 2.18. The van der Waals surface area contributed by atoms with Crippen LogP contribution in [-0.2, 0) is 18.4 Å². The van der Waals surface area contributed by atoms with Crippen molar-refractivity contribution >= 4 is 14.2 Å². The highest BCUT2D eigenvalue weighted by Crippen LogP contribution is 2.37. The van der Waals surface area contributed by atoms with Crippen molar-refractivity contribution in [3.8, 4) is 0 Å². The second kappa shape index (κ2) is 2.39. The van der Waals surface area contributed by atoms with E-state index < -0.39 is 14.7 Å². The normalized spacial score (nSPS) is 29.0. The molecule has 0 bridgehead atoms. The van der Waals surface area contributed by atoms with Crippen molar-refractivity contribution in [1.82, 2.24) is 5.32 Å². The van der Waals surface area contributed by atoms with Crippen molar-refractivity contribution in [2.75, 3.05) is 0 Å².